The highest BCUT2D eigenvalue weighted by molar-refractivity contribution is 7.07. The molecule has 0 aliphatic carbocycles. The second kappa shape index (κ2) is 8.49. The van der Waals surface area contributed by atoms with Crippen molar-refractivity contribution in [3.05, 3.63) is 88.1 Å². The zero-order chi connectivity index (χ0) is 21.3. The van der Waals surface area contributed by atoms with Gasteiger partial charge in [0.05, 0.1) is 6.61 Å². The summed E-state index contributed by atoms with van der Waals surface area (Å²) >= 11 is 1.64. The van der Waals surface area contributed by atoms with Crippen molar-refractivity contribution >= 4 is 17.2 Å². The second-order valence-corrected chi connectivity index (χ2v) is 9.01. The molecule has 7 heteroatoms. The zero-order valence-electron chi connectivity index (χ0n) is 17.1. The van der Waals surface area contributed by atoms with E-state index < -0.39 is 5.60 Å². The summed E-state index contributed by atoms with van der Waals surface area (Å²) in [6.07, 6.45) is 3.56. The van der Waals surface area contributed by atoms with Crippen molar-refractivity contribution < 1.29 is 13.9 Å². The van der Waals surface area contributed by atoms with Crippen LogP contribution in [0.25, 0.3) is 0 Å². The molecule has 1 amide bonds. The first-order valence-corrected chi connectivity index (χ1v) is 11.4. The molecule has 2 aliphatic rings. The van der Waals surface area contributed by atoms with E-state index in [0.717, 1.165) is 16.7 Å². The number of carbonyl (C=O) groups excluding carboxylic acids is 1. The van der Waals surface area contributed by atoms with Gasteiger partial charge in [-0.3, -0.25) is 14.7 Å². The summed E-state index contributed by atoms with van der Waals surface area (Å²) in [5, 5.41) is 4.11. The van der Waals surface area contributed by atoms with E-state index in [1.54, 1.807) is 29.7 Å². The van der Waals surface area contributed by atoms with Gasteiger partial charge in [0, 0.05) is 51.0 Å². The summed E-state index contributed by atoms with van der Waals surface area (Å²) in [4.78, 5) is 22.2. The minimum absolute atomic E-state index is 0.0283. The van der Waals surface area contributed by atoms with Crippen molar-refractivity contribution in [1.29, 1.82) is 0 Å². The van der Waals surface area contributed by atoms with Crippen molar-refractivity contribution in [2.24, 2.45) is 0 Å². The van der Waals surface area contributed by atoms with Crippen LogP contribution >= 0.6 is 11.3 Å². The molecule has 5 nitrogen and oxygen atoms in total. The van der Waals surface area contributed by atoms with E-state index in [2.05, 4.69) is 21.3 Å². The van der Waals surface area contributed by atoms with Crippen LogP contribution < -0.4 is 0 Å². The highest BCUT2D eigenvalue weighted by Crippen LogP contribution is 2.42. The molecule has 2 saturated heterocycles. The number of thiophene rings is 1. The summed E-state index contributed by atoms with van der Waals surface area (Å²) in [6.45, 7) is 3.37. The van der Waals surface area contributed by atoms with Gasteiger partial charge in [0.25, 0.3) is 5.91 Å². The molecule has 0 bridgehead atoms. The maximum Gasteiger partial charge on any atom is 0.257 e. The fraction of sp³-hybridized carbons (Fsp3) is 0.333. The average molecular weight is 438 g/mol. The molecule has 160 valence electrons. The lowest BCUT2D eigenvalue weighted by Crippen LogP contribution is -2.59. The molecule has 0 radical (unpaired) electrons. The Kier molecular flexibility index (Phi) is 5.56. The topological polar surface area (TPSA) is 45.7 Å². The summed E-state index contributed by atoms with van der Waals surface area (Å²) in [5.41, 5.74) is 2.07. The largest absolute Gasteiger partial charge is 0.361 e. The van der Waals surface area contributed by atoms with Crippen LogP contribution in [0.4, 0.5) is 4.39 Å². The van der Waals surface area contributed by atoms with Crippen LogP contribution in [0.3, 0.4) is 0 Å². The smallest absolute Gasteiger partial charge is 0.257 e. The van der Waals surface area contributed by atoms with Crippen molar-refractivity contribution in [2.75, 3.05) is 26.2 Å². The molecule has 4 heterocycles. The van der Waals surface area contributed by atoms with E-state index in [1.807, 2.05) is 34.7 Å². The number of ether oxygens (including phenoxy) is 1. The number of carbonyl (C=O) groups is 1. The molecule has 31 heavy (non-hydrogen) atoms. The lowest BCUT2D eigenvalue weighted by atomic mass is 9.83. The van der Waals surface area contributed by atoms with Gasteiger partial charge in [-0.2, -0.15) is 11.3 Å². The van der Waals surface area contributed by atoms with Gasteiger partial charge in [-0.25, -0.2) is 4.39 Å². The zero-order valence-corrected chi connectivity index (χ0v) is 17.9. The molecule has 3 aromatic rings. The van der Waals surface area contributed by atoms with E-state index in [0.29, 0.717) is 39.3 Å². The monoisotopic (exact) mass is 437 g/mol. The van der Waals surface area contributed by atoms with E-state index in [9.17, 15) is 9.18 Å². The number of halogens is 1. The van der Waals surface area contributed by atoms with Gasteiger partial charge in [-0.1, -0.05) is 18.2 Å². The van der Waals surface area contributed by atoms with Gasteiger partial charge in [-0.05, 0) is 51.7 Å². The first-order valence-electron chi connectivity index (χ1n) is 10.5. The predicted molar refractivity (Wildman–Crippen MR) is 117 cm³/mol. The predicted octanol–water partition coefficient (Wildman–Crippen LogP) is 3.68. The first-order chi connectivity index (χ1) is 15.1. The molecule has 2 aromatic heterocycles. The number of benzene rings is 1. The molecular weight excluding hydrogens is 413 g/mol. The van der Waals surface area contributed by atoms with Crippen molar-refractivity contribution in [1.82, 2.24) is 14.8 Å². The van der Waals surface area contributed by atoms with E-state index >= 15 is 0 Å². The maximum atomic E-state index is 13.8. The number of morpholine rings is 1. The van der Waals surface area contributed by atoms with Gasteiger partial charge in [0.2, 0.25) is 0 Å². The van der Waals surface area contributed by atoms with Crippen molar-refractivity contribution in [2.45, 2.75) is 24.6 Å². The average Bonchev–Trinajstić information content (AvgIpc) is 3.41. The highest BCUT2D eigenvalue weighted by Gasteiger charge is 2.56. The van der Waals surface area contributed by atoms with Crippen molar-refractivity contribution in [3.8, 4) is 0 Å². The Hall–Kier alpha value is -2.61. The lowest BCUT2D eigenvalue weighted by Gasteiger charge is -2.42. The molecule has 0 N–H and O–H groups in total. The SMILES string of the molecule is O=C1N(Cc2ccsc2)CCO[C@@]12CN(Cc1cccc(F)c1)C[C@@H]2c1cccnc1. The second-order valence-electron chi connectivity index (χ2n) is 8.23. The Balaban J connectivity index is 1.45. The van der Waals surface area contributed by atoms with Gasteiger partial charge in [0.15, 0.2) is 5.60 Å². The van der Waals surface area contributed by atoms with Crippen LogP contribution in [0.5, 0.6) is 0 Å². The third-order valence-corrected chi connectivity index (χ3v) is 6.90. The molecule has 0 unspecified atom stereocenters. The number of aromatic nitrogens is 1. The van der Waals surface area contributed by atoms with E-state index in [-0.39, 0.29) is 17.6 Å². The molecule has 2 atom stereocenters. The Labute approximate surface area is 185 Å². The van der Waals surface area contributed by atoms with Crippen LogP contribution in [0.2, 0.25) is 0 Å². The molecule has 2 fully saturated rings. The molecule has 2 aliphatic heterocycles. The molecule has 5 rings (SSSR count). The van der Waals surface area contributed by atoms with E-state index in [1.165, 1.54) is 6.07 Å². The number of amides is 1. The van der Waals surface area contributed by atoms with Gasteiger partial charge in [0.1, 0.15) is 5.82 Å². The summed E-state index contributed by atoms with van der Waals surface area (Å²) in [7, 11) is 0. The van der Waals surface area contributed by atoms with Crippen LogP contribution in [0.1, 0.15) is 22.6 Å². The van der Waals surface area contributed by atoms with Crippen LogP contribution in [-0.2, 0) is 22.6 Å². The lowest BCUT2D eigenvalue weighted by molar-refractivity contribution is -0.173. The van der Waals surface area contributed by atoms with Gasteiger partial charge >= 0.3 is 0 Å². The number of hydrogen-bond acceptors (Lipinski definition) is 5. The Bertz CT molecular complexity index is 1050. The Morgan fingerprint density at radius 3 is 2.90 bits per heavy atom. The third kappa shape index (κ3) is 4.01. The minimum atomic E-state index is -0.954. The van der Waals surface area contributed by atoms with Crippen LogP contribution in [-0.4, -0.2) is 52.5 Å². The number of rotatable bonds is 5. The highest BCUT2D eigenvalue weighted by atomic mass is 32.1. The molecule has 1 spiro atoms. The van der Waals surface area contributed by atoms with Crippen molar-refractivity contribution in [3.63, 3.8) is 0 Å². The number of nitrogens with zero attached hydrogens (tertiary/aromatic N) is 3. The Morgan fingerprint density at radius 2 is 2.13 bits per heavy atom. The normalized spacial score (nSPS) is 24.2. The van der Waals surface area contributed by atoms with Gasteiger partial charge < -0.3 is 9.64 Å². The number of hydrogen-bond donors (Lipinski definition) is 0. The van der Waals surface area contributed by atoms with Gasteiger partial charge in [-0.15, -0.1) is 0 Å². The summed E-state index contributed by atoms with van der Waals surface area (Å²) in [6, 6.07) is 12.6. The number of pyridine rings is 1. The Morgan fingerprint density at radius 1 is 1.19 bits per heavy atom. The standard InChI is InChI=1S/C24H24FN3O2S/c25-21-5-1-3-18(11-21)13-27-15-22(20-4-2-7-26-12-20)24(17-27)23(29)28(8-9-30-24)14-19-6-10-31-16-19/h1-7,10-12,16,22H,8-9,13-15,17H2/t22-,24-/m1/s1. The summed E-state index contributed by atoms with van der Waals surface area (Å²) < 4.78 is 20.0. The number of likely N-dealkylation sites (tertiary alicyclic amines) is 1. The third-order valence-electron chi connectivity index (χ3n) is 6.17. The fourth-order valence-corrected chi connectivity index (χ4v) is 5.43. The quantitative estimate of drug-likeness (QED) is 0.611. The molecule has 1 aromatic carbocycles. The van der Waals surface area contributed by atoms with Crippen LogP contribution in [0.15, 0.2) is 65.6 Å². The molecule has 0 saturated carbocycles. The first kappa shape index (κ1) is 20.3. The molecular formula is C24H24FN3O2S. The van der Waals surface area contributed by atoms with E-state index in [4.69, 9.17) is 4.74 Å². The fourth-order valence-electron chi connectivity index (χ4n) is 4.77. The summed E-state index contributed by atoms with van der Waals surface area (Å²) in [5.74, 6) is -0.352. The van der Waals surface area contributed by atoms with Crippen LogP contribution in [0, 0.1) is 5.82 Å². The minimum Gasteiger partial charge on any atom is -0.361 e. The maximum absolute atomic E-state index is 13.8.